The molecule has 1 aliphatic heterocycles. The third-order valence-electron chi connectivity index (χ3n) is 5.49. The van der Waals surface area contributed by atoms with E-state index in [0.717, 1.165) is 38.5 Å². The summed E-state index contributed by atoms with van der Waals surface area (Å²) >= 11 is 0. The van der Waals surface area contributed by atoms with Crippen molar-refractivity contribution in [2.45, 2.75) is 38.6 Å². The number of aliphatic imine (C=N–C) groups is 1. The Labute approximate surface area is 183 Å². The quantitative estimate of drug-likeness (QED) is 0.321. The van der Waals surface area contributed by atoms with Gasteiger partial charge in [-0.15, -0.1) is 24.0 Å². The number of anilines is 1. The molecule has 0 bridgehead atoms. The molecule has 3 rings (SSSR count). The highest BCUT2D eigenvalue weighted by Crippen LogP contribution is 2.48. The lowest BCUT2D eigenvalue weighted by Crippen LogP contribution is -2.45. The van der Waals surface area contributed by atoms with Crippen LogP contribution in [0.25, 0.3) is 0 Å². The van der Waals surface area contributed by atoms with Gasteiger partial charge in [0.1, 0.15) is 17.3 Å². The Morgan fingerprint density at radius 1 is 1.32 bits per heavy atom. The Morgan fingerprint density at radius 2 is 2.04 bits per heavy atom. The Balaban J connectivity index is 0.00000280. The lowest BCUT2D eigenvalue weighted by atomic mass is 10.0. The summed E-state index contributed by atoms with van der Waals surface area (Å²) in [4.78, 5) is 6.54. The van der Waals surface area contributed by atoms with Crippen molar-refractivity contribution in [3.05, 3.63) is 29.8 Å². The average molecular weight is 508 g/mol. The summed E-state index contributed by atoms with van der Waals surface area (Å²) in [5.74, 6) is -0.239. The summed E-state index contributed by atoms with van der Waals surface area (Å²) in [6, 6.07) is 4.11. The largest absolute Gasteiger partial charge is 0.385 e. The van der Waals surface area contributed by atoms with Crippen LogP contribution in [0, 0.1) is 17.0 Å². The van der Waals surface area contributed by atoms with E-state index in [4.69, 9.17) is 9.73 Å². The van der Waals surface area contributed by atoms with Crippen molar-refractivity contribution in [1.82, 2.24) is 10.6 Å². The summed E-state index contributed by atoms with van der Waals surface area (Å²) in [7, 11) is 1.73. The van der Waals surface area contributed by atoms with Gasteiger partial charge in [-0.05, 0) is 50.2 Å². The molecule has 1 saturated carbocycles. The van der Waals surface area contributed by atoms with Crippen LogP contribution < -0.4 is 15.5 Å². The van der Waals surface area contributed by atoms with E-state index in [1.54, 1.807) is 12.0 Å². The number of nitrogens with one attached hydrogen (secondary N) is 2. The Kier molecular flexibility index (Phi) is 8.73. The second-order valence-electron chi connectivity index (χ2n) is 7.58. The minimum absolute atomic E-state index is 0. The van der Waals surface area contributed by atoms with Crippen molar-refractivity contribution in [2.24, 2.45) is 10.4 Å². The van der Waals surface area contributed by atoms with Crippen LogP contribution in [0.3, 0.4) is 0 Å². The highest BCUT2D eigenvalue weighted by molar-refractivity contribution is 14.0. The minimum atomic E-state index is -0.509. The molecule has 158 valence electrons. The number of methoxy groups -OCH3 is 1. The van der Waals surface area contributed by atoms with E-state index < -0.39 is 11.6 Å². The molecular weight excluding hydrogens is 477 g/mol. The lowest BCUT2D eigenvalue weighted by molar-refractivity contribution is 0.174. The topological polar surface area (TPSA) is 48.9 Å². The van der Waals surface area contributed by atoms with Crippen molar-refractivity contribution in [1.29, 1.82) is 0 Å². The van der Waals surface area contributed by atoms with Crippen LogP contribution in [0.15, 0.2) is 23.2 Å². The van der Waals surface area contributed by atoms with E-state index in [1.165, 1.54) is 31.0 Å². The van der Waals surface area contributed by atoms with E-state index >= 15 is 0 Å². The van der Waals surface area contributed by atoms with Crippen molar-refractivity contribution in [3.63, 3.8) is 0 Å². The van der Waals surface area contributed by atoms with Gasteiger partial charge in [-0.1, -0.05) is 6.07 Å². The smallest absolute Gasteiger partial charge is 0.191 e. The summed E-state index contributed by atoms with van der Waals surface area (Å²) in [5, 5.41) is 6.72. The maximum atomic E-state index is 14.0. The molecule has 0 radical (unpaired) electrons. The molecule has 2 fully saturated rings. The van der Waals surface area contributed by atoms with Gasteiger partial charge in [-0.25, -0.2) is 8.78 Å². The van der Waals surface area contributed by atoms with E-state index in [2.05, 4.69) is 10.6 Å². The standard InChI is InChI=1S/C20H30F2N4O.HI/c1-3-23-19(24-14-20(8-9-20)10-12-27-2)25-15-7-11-26(13-15)18-16(21)5-4-6-17(18)22;/h4-6,15H,3,7-14H2,1-2H3,(H2,23,24,25);1H. The fourth-order valence-electron chi connectivity index (χ4n) is 3.61. The maximum Gasteiger partial charge on any atom is 0.191 e. The van der Waals surface area contributed by atoms with Crippen LogP contribution in [-0.2, 0) is 4.74 Å². The molecule has 0 amide bonds. The number of guanidine groups is 1. The third kappa shape index (κ3) is 5.92. The van der Waals surface area contributed by atoms with Gasteiger partial charge < -0.3 is 20.3 Å². The maximum absolute atomic E-state index is 14.0. The predicted octanol–water partition coefficient (Wildman–Crippen LogP) is 3.53. The van der Waals surface area contributed by atoms with Crippen LogP contribution in [0.2, 0.25) is 0 Å². The van der Waals surface area contributed by atoms with Crippen molar-refractivity contribution in [2.75, 3.05) is 44.8 Å². The van der Waals surface area contributed by atoms with Crippen LogP contribution in [0.1, 0.15) is 32.6 Å². The molecule has 8 heteroatoms. The molecule has 28 heavy (non-hydrogen) atoms. The molecule has 1 aromatic carbocycles. The minimum Gasteiger partial charge on any atom is -0.385 e. The first-order valence-corrected chi connectivity index (χ1v) is 9.79. The molecule has 1 atom stereocenters. The number of ether oxygens (including phenoxy) is 1. The number of nitrogens with zero attached hydrogens (tertiary/aromatic N) is 2. The molecule has 2 N–H and O–H groups in total. The molecule has 1 aromatic rings. The van der Waals surface area contributed by atoms with Crippen molar-refractivity contribution >= 4 is 35.6 Å². The number of hydrogen-bond donors (Lipinski definition) is 2. The van der Waals surface area contributed by atoms with Gasteiger partial charge in [0.2, 0.25) is 0 Å². The molecule has 1 saturated heterocycles. The first kappa shape index (κ1) is 23.1. The first-order chi connectivity index (χ1) is 13.1. The Hall–Kier alpha value is -1.16. The van der Waals surface area contributed by atoms with Crippen LogP contribution >= 0.6 is 24.0 Å². The van der Waals surface area contributed by atoms with Gasteiger partial charge in [0.25, 0.3) is 0 Å². The monoisotopic (exact) mass is 508 g/mol. The number of hydrogen-bond acceptors (Lipinski definition) is 3. The van der Waals surface area contributed by atoms with Crippen LogP contribution in [0.4, 0.5) is 14.5 Å². The zero-order chi connectivity index (χ0) is 19.3. The second-order valence-corrected chi connectivity index (χ2v) is 7.58. The fourth-order valence-corrected chi connectivity index (χ4v) is 3.61. The van der Waals surface area contributed by atoms with E-state index in [1.807, 2.05) is 6.92 Å². The van der Waals surface area contributed by atoms with Gasteiger partial charge in [0, 0.05) is 45.9 Å². The molecule has 0 aromatic heterocycles. The third-order valence-corrected chi connectivity index (χ3v) is 5.49. The first-order valence-electron chi connectivity index (χ1n) is 9.79. The Bertz CT molecular complexity index is 649. The summed E-state index contributed by atoms with van der Waals surface area (Å²) in [5.41, 5.74) is 0.358. The molecule has 0 spiro atoms. The van der Waals surface area contributed by atoms with Crippen LogP contribution in [-0.4, -0.2) is 51.9 Å². The molecule has 1 aliphatic carbocycles. The molecule has 1 heterocycles. The second kappa shape index (κ2) is 10.6. The summed E-state index contributed by atoms with van der Waals surface area (Å²) in [6.45, 7) is 5.53. The predicted molar refractivity (Wildman–Crippen MR) is 120 cm³/mol. The number of rotatable bonds is 8. The molecular formula is C20H31F2IN4O. The number of halogens is 3. The molecule has 2 aliphatic rings. The van der Waals surface area contributed by atoms with Crippen LogP contribution in [0.5, 0.6) is 0 Å². The van der Waals surface area contributed by atoms with E-state index in [9.17, 15) is 8.78 Å². The highest BCUT2D eigenvalue weighted by Gasteiger charge is 2.42. The zero-order valence-corrected chi connectivity index (χ0v) is 19.0. The van der Waals surface area contributed by atoms with Crippen molar-refractivity contribution < 1.29 is 13.5 Å². The number of para-hydroxylation sites is 1. The summed E-state index contributed by atoms with van der Waals surface area (Å²) < 4.78 is 33.3. The van der Waals surface area contributed by atoms with Gasteiger partial charge in [0.15, 0.2) is 5.96 Å². The zero-order valence-electron chi connectivity index (χ0n) is 16.6. The van der Waals surface area contributed by atoms with E-state index in [0.29, 0.717) is 13.1 Å². The molecule has 1 unspecified atom stereocenters. The lowest BCUT2D eigenvalue weighted by Gasteiger charge is -2.21. The number of benzene rings is 1. The molecule has 5 nitrogen and oxygen atoms in total. The average Bonchev–Trinajstić information content (AvgIpc) is 3.28. The van der Waals surface area contributed by atoms with Gasteiger partial charge in [-0.2, -0.15) is 0 Å². The van der Waals surface area contributed by atoms with Crippen molar-refractivity contribution in [3.8, 4) is 0 Å². The fraction of sp³-hybridized carbons (Fsp3) is 0.650. The SMILES string of the molecule is CCNC(=NCC1(CCOC)CC1)NC1CCN(c2c(F)cccc2F)C1.I. The highest BCUT2D eigenvalue weighted by atomic mass is 127. The summed E-state index contributed by atoms with van der Waals surface area (Å²) in [6.07, 6.45) is 4.25. The normalized spacial score (nSPS) is 20.6. The van der Waals surface area contributed by atoms with Gasteiger partial charge >= 0.3 is 0 Å². The van der Waals surface area contributed by atoms with E-state index in [-0.39, 0.29) is 41.1 Å². The Morgan fingerprint density at radius 3 is 2.64 bits per heavy atom. The van der Waals surface area contributed by atoms with Gasteiger partial charge in [0.05, 0.1) is 0 Å². The van der Waals surface area contributed by atoms with Gasteiger partial charge in [-0.3, -0.25) is 4.99 Å².